The van der Waals surface area contributed by atoms with Crippen LogP contribution in [0.4, 0.5) is 5.69 Å². The van der Waals surface area contributed by atoms with E-state index in [1.807, 2.05) is 0 Å². The molecule has 0 radical (unpaired) electrons. The molecule has 2 rings (SSSR count). The molecule has 0 unspecified atom stereocenters. The zero-order chi connectivity index (χ0) is 15.4. The van der Waals surface area contributed by atoms with Gasteiger partial charge in [0, 0.05) is 6.07 Å². The van der Waals surface area contributed by atoms with Gasteiger partial charge in [-0.05, 0) is 25.1 Å². The van der Waals surface area contributed by atoms with Crippen LogP contribution in [-0.4, -0.2) is 22.1 Å². The number of aliphatic hydroxyl groups is 1. The highest BCUT2D eigenvalue weighted by Crippen LogP contribution is 2.34. The Hall–Kier alpha value is -2.67. The van der Waals surface area contributed by atoms with Gasteiger partial charge >= 0.3 is 0 Å². The van der Waals surface area contributed by atoms with Crippen molar-refractivity contribution >= 4 is 5.69 Å². The van der Waals surface area contributed by atoms with Gasteiger partial charge in [-0.2, -0.15) is 0 Å². The van der Waals surface area contributed by atoms with Crippen LogP contribution >= 0.6 is 0 Å². The van der Waals surface area contributed by atoms with Gasteiger partial charge in [0.2, 0.25) is 0 Å². The van der Waals surface area contributed by atoms with Crippen LogP contribution < -0.4 is 9.47 Å². The molecular weight excluding hydrogens is 276 g/mol. The van der Waals surface area contributed by atoms with Crippen molar-refractivity contribution < 1.29 is 19.5 Å². The lowest BCUT2D eigenvalue weighted by Crippen LogP contribution is -1.96. The van der Waals surface area contributed by atoms with Gasteiger partial charge in [-0.3, -0.25) is 15.1 Å². The second-order valence-corrected chi connectivity index (χ2v) is 4.29. The molecule has 0 saturated carbocycles. The lowest BCUT2D eigenvalue weighted by Gasteiger charge is -2.10. The molecule has 0 spiro atoms. The number of aliphatic hydroxyl groups excluding tert-OH is 1. The molecular formula is C14H14N2O5. The molecule has 0 saturated heterocycles. The van der Waals surface area contributed by atoms with Crippen LogP contribution in [0, 0.1) is 10.1 Å². The van der Waals surface area contributed by atoms with Crippen LogP contribution in [0.25, 0.3) is 0 Å². The standard InChI is InChI=1S/C14H14N2O5/c1-9(17)12-5-4-11(8-15-12)21-14-7-10(16(18)19)3-6-13(14)20-2/h3-9,17H,1-2H3/t9-/m1/s1. The maximum Gasteiger partial charge on any atom is 0.273 e. The predicted octanol–water partition coefficient (Wildman–Crippen LogP) is 2.84. The summed E-state index contributed by atoms with van der Waals surface area (Å²) < 4.78 is 10.7. The van der Waals surface area contributed by atoms with Crippen molar-refractivity contribution in [2.45, 2.75) is 13.0 Å². The van der Waals surface area contributed by atoms with Crippen molar-refractivity contribution in [3.05, 3.63) is 52.3 Å². The minimum Gasteiger partial charge on any atom is -0.493 e. The first-order chi connectivity index (χ1) is 10.0. The fraction of sp³-hybridized carbons (Fsp3) is 0.214. The number of hydrogen-bond acceptors (Lipinski definition) is 6. The summed E-state index contributed by atoms with van der Waals surface area (Å²) >= 11 is 0. The molecule has 0 bridgehead atoms. The van der Waals surface area contributed by atoms with Crippen molar-refractivity contribution in [1.82, 2.24) is 4.98 Å². The van der Waals surface area contributed by atoms with Gasteiger partial charge in [0.25, 0.3) is 5.69 Å². The maximum absolute atomic E-state index is 10.8. The molecule has 7 heteroatoms. The van der Waals surface area contributed by atoms with Gasteiger partial charge in [0.05, 0.1) is 36.1 Å². The molecule has 1 heterocycles. The Morgan fingerprint density at radius 1 is 1.29 bits per heavy atom. The third-order valence-corrected chi connectivity index (χ3v) is 2.77. The van der Waals surface area contributed by atoms with E-state index in [1.165, 1.54) is 31.5 Å². The monoisotopic (exact) mass is 290 g/mol. The molecule has 1 aromatic carbocycles. The Bertz CT molecular complexity index is 640. The average molecular weight is 290 g/mol. The molecule has 7 nitrogen and oxygen atoms in total. The largest absolute Gasteiger partial charge is 0.493 e. The van der Waals surface area contributed by atoms with Crippen molar-refractivity contribution in [1.29, 1.82) is 0 Å². The molecule has 0 amide bonds. The first kappa shape index (κ1) is 14.7. The highest BCUT2D eigenvalue weighted by molar-refractivity contribution is 5.50. The van der Waals surface area contributed by atoms with Crippen molar-refractivity contribution in [2.75, 3.05) is 7.11 Å². The zero-order valence-corrected chi connectivity index (χ0v) is 11.5. The average Bonchev–Trinajstić information content (AvgIpc) is 2.47. The Labute approximate surface area is 120 Å². The van der Waals surface area contributed by atoms with Crippen molar-refractivity contribution in [2.24, 2.45) is 0 Å². The predicted molar refractivity (Wildman–Crippen MR) is 74.6 cm³/mol. The third kappa shape index (κ3) is 3.46. The van der Waals surface area contributed by atoms with E-state index in [0.29, 0.717) is 17.2 Å². The van der Waals surface area contributed by atoms with Crippen LogP contribution in [0.1, 0.15) is 18.7 Å². The smallest absolute Gasteiger partial charge is 0.273 e. The van der Waals surface area contributed by atoms with Crippen LogP contribution in [-0.2, 0) is 0 Å². The molecule has 0 fully saturated rings. The van der Waals surface area contributed by atoms with Crippen LogP contribution in [0.2, 0.25) is 0 Å². The van der Waals surface area contributed by atoms with E-state index in [4.69, 9.17) is 9.47 Å². The van der Waals surface area contributed by atoms with Gasteiger partial charge in [0.1, 0.15) is 5.75 Å². The number of pyridine rings is 1. The van der Waals surface area contributed by atoms with E-state index in [0.717, 1.165) is 0 Å². The zero-order valence-electron chi connectivity index (χ0n) is 11.5. The number of benzene rings is 1. The molecule has 110 valence electrons. The maximum atomic E-state index is 10.8. The summed E-state index contributed by atoms with van der Waals surface area (Å²) in [6.07, 6.45) is 0.756. The molecule has 2 aromatic rings. The van der Waals surface area contributed by atoms with E-state index in [-0.39, 0.29) is 11.4 Å². The highest BCUT2D eigenvalue weighted by atomic mass is 16.6. The van der Waals surface area contributed by atoms with Gasteiger partial charge in [-0.25, -0.2) is 0 Å². The summed E-state index contributed by atoms with van der Waals surface area (Å²) in [6.45, 7) is 1.60. The number of nitro benzene ring substituents is 1. The lowest BCUT2D eigenvalue weighted by molar-refractivity contribution is -0.384. The lowest BCUT2D eigenvalue weighted by atomic mass is 10.2. The molecule has 0 aliphatic carbocycles. The van der Waals surface area contributed by atoms with E-state index < -0.39 is 11.0 Å². The minimum absolute atomic E-state index is 0.0978. The number of nitrogens with zero attached hydrogens (tertiary/aromatic N) is 2. The fourth-order valence-electron chi connectivity index (χ4n) is 1.68. The quantitative estimate of drug-likeness (QED) is 0.672. The normalized spacial score (nSPS) is 11.8. The highest BCUT2D eigenvalue weighted by Gasteiger charge is 2.13. The van der Waals surface area contributed by atoms with Gasteiger partial charge in [-0.15, -0.1) is 0 Å². The SMILES string of the molecule is COc1ccc([N+](=O)[O-])cc1Oc1ccc([C@@H](C)O)nc1. The van der Waals surface area contributed by atoms with E-state index >= 15 is 0 Å². The summed E-state index contributed by atoms with van der Waals surface area (Å²) in [5, 5.41) is 20.2. The Morgan fingerprint density at radius 2 is 2.05 bits per heavy atom. The number of hydrogen-bond donors (Lipinski definition) is 1. The number of nitro groups is 1. The molecule has 1 atom stereocenters. The number of non-ortho nitro benzene ring substituents is 1. The van der Waals surface area contributed by atoms with Crippen LogP contribution in [0.3, 0.4) is 0 Å². The molecule has 0 aliphatic rings. The van der Waals surface area contributed by atoms with Crippen molar-refractivity contribution in [3.63, 3.8) is 0 Å². The molecule has 1 N–H and O–H groups in total. The number of aromatic nitrogens is 1. The van der Waals surface area contributed by atoms with Crippen molar-refractivity contribution in [3.8, 4) is 17.2 Å². The van der Waals surface area contributed by atoms with Gasteiger partial charge in [0.15, 0.2) is 11.5 Å². The second-order valence-electron chi connectivity index (χ2n) is 4.29. The van der Waals surface area contributed by atoms with Gasteiger partial charge < -0.3 is 14.6 Å². The topological polar surface area (TPSA) is 94.7 Å². The van der Waals surface area contributed by atoms with E-state index in [9.17, 15) is 15.2 Å². The Morgan fingerprint density at radius 3 is 2.57 bits per heavy atom. The second kappa shape index (κ2) is 6.19. The summed E-state index contributed by atoms with van der Waals surface area (Å²) in [5.41, 5.74) is 0.410. The van der Waals surface area contributed by atoms with Crippen LogP contribution in [0.15, 0.2) is 36.5 Å². The molecule has 0 aliphatic heterocycles. The molecule has 21 heavy (non-hydrogen) atoms. The Kier molecular flexibility index (Phi) is 4.34. The Balaban J connectivity index is 2.29. The summed E-state index contributed by atoms with van der Waals surface area (Å²) in [7, 11) is 1.45. The number of ether oxygens (including phenoxy) is 2. The number of methoxy groups -OCH3 is 1. The molecule has 1 aromatic heterocycles. The first-order valence-electron chi connectivity index (χ1n) is 6.15. The van der Waals surface area contributed by atoms with Gasteiger partial charge in [-0.1, -0.05) is 0 Å². The summed E-state index contributed by atoms with van der Waals surface area (Å²) in [6, 6.07) is 7.31. The summed E-state index contributed by atoms with van der Waals surface area (Å²) in [4.78, 5) is 14.3. The van der Waals surface area contributed by atoms with E-state index in [1.54, 1.807) is 19.1 Å². The first-order valence-corrected chi connectivity index (χ1v) is 6.15. The third-order valence-electron chi connectivity index (χ3n) is 2.77. The fourth-order valence-corrected chi connectivity index (χ4v) is 1.68. The van der Waals surface area contributed by atoms with E-state index in [2.05, 4.69) is 4.98 Å². The van der Waals surface area contributed by atoms with Crippen LogP contribution in [0.5, 0.6) is 17.2 Å². The minimum atomic E-state index is -0.675. The summed E-state index contributed by atoms with van der Waals surface area (Å²) in [5.74, 6) is 0.983. The number of rotatable bonds is 5.